The molecule has 3 aromatic heterocycles. The molecule has 1 amide bonds. The number of aliphatic carboxylic acids is 1. The van der Waals surface area contributed by atoms with Crippen molar-refractivity contribution in [2.75, 3.05) is 30.4 Å². The normalized spacial score (nSPS) is 13.2. The molecule has 0 unspecified atom stereocenters. The molecule has 15 heteroatoms. The highest BCUT2D eigenvalue weighted by Crippen LogP contribution is 2.31. The van der Waals surface area contributed by atoms with Crippen molar-refractivity contribution in [1.29, 1.82) is 0 Å². The quantitative estimate of drug-likeness (QED) is 0.279. The zero-order valence-electron chi connectivity index (χ0n) is 21.8. The van der Waals surface area contributed by atoms with Crippen LogP contribution in [-0.4, -0.2) is 57.9 Å². The second-order valence-electron chi connectivity index (χ2n) is 9.07. The fourth-order valence-electron chi connectivity index (χ4n) is 4.00. The molecule has 1 aliphatic heterocycles. The molecule has 5 rings (SSSR count). The smallest absolute Gasteiger partial charge is 0.490 e. The molecule has 222 valence electrons. The van der Waals surface area contributed by atoms with Crippen molar-refractivity contribution in [1.82, 2.24) is 14.5 Å². The van der Waals surface area contributed by atoms with E-state index in [9.17, 15) is 31.1 Å². The number of nitrogens with zero attached hydrogens (tertiary/aromatic N) is 4. The van der Waals surface area contributed by atoms with E-state index >= 15 is 0 Å². The van der Waals surface area contributed by atoms with Gasteiger partial charge in [0.1, 0.15) is 23.0 Å². The number of hydrogen-bond donors (Lipinski definition) is 2. The van der Waals surface area contributed by atoms with Crippen molar-refractivity contribution in [2.45, 2.75) is 25.3 Å². The largest absolute Gasteiger partial charge is 0.497 e. The van der Waals surface area contributed by atoms with E-state index in [1.165, 1.54) is 12.1 Å². The molecule has 0 saturated carbocycles. The summed E-state index contributed by atoms with van der Waals surface area (Å²) in [4.78, 5) is 32.4. The summed E-state index contributed by atoms with van der Waals surface area (Å²) < 4.78 is 78.4. The van der Waals surface area contributed by atoms with E-state index in [-0.39, 0.29) is 17.8 Å². The molecule has 0 spiro atoms. The van der Waals surface area contributed by atoms with Crippen molar-refractivity contribution < 1.29 is 45.8 Å². The Hall–Kier alpha value is -4.82. The van der Waals surface area contributed by atoms with Crippen molar-refractivity contribution in [3.63, 3.8) is 0 Å². The molecule has 0 bridgehead atoms. The van der Waals surface area contributed by atoms with Gasteiger partial charge in [-0.25, -0.2) is 14.8 Å². The number of carboxylic acids is 1. The monoisotopic (exact) mass is 595 g/mol. The number of pyridine rings is 2. The number of nitrogens with one attached hydrogen (secondary N) is 1. The molecule has 4 aromatic rings. The maximum Gasteiger partial charge on any atom is 0.490 e. The van der Waals surface area contributed by atoms with E-state index in [4.69, 9.17) is 14.6 Å². The van der Waals surface area contributed by atoms with Gasteiger partial charge in [-0.1, -0.05) is 12.1 Å². The van der Waals surface area contributed by atoms with Gasteiger partial charge in [-0.05, 0) is 54.4 Å². The molecular formula is C27H23F6N5O4. The molecule has 42 heavy (non-hydrogen) atoms. The number of carbonyl (C=O) groups excluding carboxylic acids is 1. The second-order valence-corrected chi connectivity index (χ2v) is 9.07. The third-order valence-electron chi connectivity index (χ3n) is 6.18. The lowest BCUT2D eigenvalue weighted by Crippen LogP contribution is -2.37. The van der Waals surface area contributed by atoms with Gasteiger partial charge in [0.2, 0.25) is 0 Å². The number of alkyl halides is 6. The minimum absolute atomic E-state index is 0.0825. The molecule has 1 aliphatic rings. The van der Waals surface area contributed by atoms with E-state index in [1.807, 2.05) is 24.3 Å². The Morgan fingerprint density at radius 3 is 2.29 bits per heavy atom. The summed E-state index contributed by atoms with van der Waals surface area (Å²) in [7, 11) is 1.55. The molecule has 1 saturated heterocycles. The number of benzene rings is 1. The van der Waals surface area contributed by atoms with Gasteiger partial charge in [-0.3, -0.25) is 4.79 Å². The highest BCUT2D eigenvalue weighted by Gasteiger charge is 2.38. The number of fused-ring (bicyclic) bond motifs is 1. The average molecular weight is 596 g/mol. The molecule has 0 radical (unpaired) electrons. The van der Waals surface area contributed by atoms with Crippen LogP contribution in [0.4, 0.5) is 37.8 Å². The number of ether oxygens (including phenoxy) is 1. The van der Waals surface area contributed by atoms with Crippen LogP contribution in [0.25, 0.3) is 11.0 Å². The van der Waals surface area contributed by atoms with E-state index in [0.717, 1.165) is 37.0 Å². The first-order valence-corrected chi connectivity index (χ1v) is 12.3. The topological polar surface area (TPSA) is 110 Å². The van der Waals surface area contributed by atoms with Crippen molar-refractivity contribution >= 4 is 34.4 Å². The molecule has 1 fully saturated rings. The number of carboxylic acid groups (broad SMARTS) is 1. The summed E-state index contributed by atoms with van der Waals surface area (Å²) in [6, 6.07) is 14.5. The molecule has 1 aromatic carbocycles. The number of rotatable bonds is 6. The first-order chi connectivity index (χ1) is 19.8. The number of amides is 1. The molecule has 0 atom stereocenters. The van der Waals surface area contributed by atoms with Gasteiger partial charge in [-0.15, -0.1) is 0 Å². The Kier molecular flexibility index (Phi) is 8.59. The summed E-state index contributed by atoms with van der Waals surface area (Å²) in [5.41, 5.74) is 0.969. The van der Waals surface area contributed by atoms with Crippen LogP contribution in [0.2, 0.25) is 0 Å². The predicted octanol–water partition coefficient (Wildman–Crippen LogP) is 5.60. The van der Waals surface area contributed by atoms with E-state index in [2.05, 4.69) is 20.2 Å². The summed E-state index contributed by atoms with van der Waals surface area (Å²) in [6.07, 6.45) is -6.97. The van der Waals surface area contributed by atoms with Gasteiger partial charge in [0.15, 0.2) is 0 Å². The summed E-state index contributed by atoms with van der Waals surface area (Å²) >= 11 is 0. The highest BCUT2D eigenvalue weighted by atomic mass is 19.4. The number of aromatic nitrogens is 3. The van der Waals surface area contributed by atoms with Gasteiger partial charge in [0, 0.05) is 19.6 Å². The average Bonchev–Trinajstić information content (AvgIpc) is 3.26. The SMILES string of the molecule is COc1cccc(Cn2c(C(=O)Nc3ccc(N4CCC4)nc3)cc3nc(C(F)(F)F)ccc32)c1.O=C(O)C(F)(F)F. The van der Waals surface area contributed by atoms with Crippen LogP contribution >= 0.6 is 0 Å². The van der Waals surface area contributed by atoms with Crippen LogP contribution in [0.15, 0.2) is 60.8 Å². The van der Waals surface area contributed by atoms with Crippen molar-refractivity contribution in [3.8, 4) is 5.75 Å². The van der Waals surface area contributed by atoms with E-state index in [1.54, 1.807) is 30.0 Å². The maximum absolute atomic E-state index is 13.2. The Bertz CT molecular complexity index is 1580. The molecule has 4 heterocycles. The van der Waals surface area contributed by atoms with Gasteiger partial charge in [0.25, 0.3) is 5.91 Å². The molecule has 0 aliphatic carbocycles. The van der Waals surface area contributed by atoms with Gasteiger partial charge in [-0.2, -0.15) is 26.3 Å². The summed E-state index contributed by atoms with van der Waals surface area (Å²) in [5, 5.41) is 9.92. The first-order valence-electron chi connectivity index (χ1n) is 12.3. The second kappa shape index (κ2) is 12.0. The zero-order valence-corrected chi connectivity index (χ0v) is 21.8. The molecule has 9 nitrogen and oxygen atoms in total. The molecular weight excluding hydrogens is 572 g/mol. The highest BCUT2D eigenvalue weighted by molar-refractivity contribution is 6.06. The standard InChI is InChI=1S/C25H22F3N5O2.C2HF3O2/c1-35-18-5-2-4-16(12-18)15-33-20-7-8-22(25(26,27)28)31-19(20)13-21(33)24(34)30-17-6-9-23(29-14-17)32-10-3-11-32;3-2(4,5)1(6)7/h2,4-9,12-14H,3,10-11,15H2,1H3,(H,30,34);(H,6,7). The lowest BCUT2D eigenvalue weighted by Gasteiger charge is -2.31. The van der Waals surface area contributed by atoms with Gasteiger partial charge >= 0.3 is 18.3 Å². The summed E-state index contributed by atoms with van der Waals surface area (Å²) in [5.74, 6) is -1.76. The van der Waals surface area contributed by atoms with Gasteiger partial charge in [0.05, 0.1) is 30.0 Å². The van der Waals surface area contributed by atoms with Gasteiger partial charge < -0.3 is 24.6 Å². The number of halogens is 6. The minimum Gasteiger partial charge on any atom is -0.497 e. The lowest BCUT2D eigenvalue weighted by molar-refractivity contribution is -0.192. The number of anilines is 2. The molecule has 2 N–H and O–H groups in total. The minimum atomic E-state index is -5.08. The Balaban J connectivity index is 0.000000517. The Morgan fingerprint density at radius 1 is 1.02 bits per heavy atom. The van der Waals surface area contributed by atoms with Crippen LogP contribution in [0.1, 0.15) is 28.2 Å². The first kappa shape index (κ1) is 30.1. The van der Waals surface area contributed by atoms with Crippen LogP contribution in [0.5, 0.6) is 5.75 Å². The number of methoxy groups -OCH3 is 1. The van der Waals surface area contributed by atoms with Crippen LogP contribution in [-0.2, 0) is 17.5 Å². The lowest BCUT2D eigenvalue weighted by atomic mass is 10.2. The van der Waals surface area contributed by atoms with E-state index in [0.29, 0.717) is 17.0 Å². The fourth-order valence-corrected chi connectivity index (χ4v) is 4.00. The van der Waals surface area contributed by atoms with Crippen LogP contribution in [0.3, 0.4) is 0 Å². The Morgan fingerprint density at radius 2 is 1.74 bits per heavy atom. The van der Waals surface area contributed by atoms with Crippen molar-refractivity contribution in [2.24, 2.45) is 0 Å². The van der Waals surface area contributed by atoms with Crippen LogP contribution in [0, 0.1) is 0 Å². The third-order valence-corrected chi connectivity index (χ3v) is 6.18. The Labute approximate surface area is 234 Å². The maximum atomic E-state index is 13.2. The predicted molar refractivity (Wildman–Crippen MR) is 140 cm³/mol. The number of hydrogen-bond acceptors (Lipinski definition) is 6. The van der Waals surface area contributed by atoms with Crippen LogP contribution < -0.4 is 15.0 Å². The fraction of sp³-hybridized carbons (Fsp3) is 0.259. The summed E-state index contributed by atoms with van der Waals surface area (Å²) in [6.45, 7) is 2.15. The third kappa shape index (κ3) is 7.08. The van der Waals surface area contributed by atoms with Crippen molar-refractivity contribution in [3.05, 3.63) is 77.7 Å². The number of carbonyl (C=O) groups is 2. The zero-order chi connectivity index (χ0) is 30.7. The van der Waals surface area contributed by atoms with E-state index < -0.39 is 29.9 Å².